The van der Waals surface area contributed by atoms with Crippen LogP contribution < -0.4 is 0 Å². The first-order valence-corrected chi connectivity index (χ1v) is 7.09. The van der Waals surface area contributed by atoms with E-state index in [2.05, 4.69) is 42.5 Å². The minimum Gasteiger partial charge on any atom is -0.373 e. The first-order valence-electron chi connectivity index (χ1n) is 6.55. The van der Waals surface area contributed by atoms with Gasteiger partial charge in [0.25, 0.3) is 0 Å². The second kappa shape index (κ2) is 5.29. The van der Waals surface area contributed by atoms with Gasteiger partial charge >= 0.3 is 0 Å². The molecule has 0 aliphatic carbocycles. The Kier molecular flexibility index (Phi) is 3.53. The molecule has 0 N–H and O–H groups in total. The second-order valence-electron chi connectivity index (χ2n) is 4.92. The fraction of sp³-hybridized carbons (Fsp3) is 0.375. The highest BCUT2D eigenvalue weighted by atomic mass is 35.5. The third-order valence-corrected chi connectivity index (χ3v) is 4.17. The number of hydrogen-bond donors (Lipinski definition) is 0. The van der Waals surface area contributed by atoms with Gasteiger partial charge in [-0.3, -0.25) is 0 Å². The predicted octanol–water partition coefficient (Wildman–Crippen LogP) is 4.55. The Bertz CT molecular complexity index is 532. The van der Waals surface area contributed by atoms with Gasteiger partial charge in [0.1, 0.15) is 0 Å². The first-order chi connectivity index (χ1) is 8.90. The summed E-state index contributed by atoms with van der Waals surface area (Å²) in [6.45, 7) is 0.848. The number of alkyl halides is 1. The number of benzene rings is 2. The Hall–Kier alpha value is -1.05. The Morgan fingerprint density at radius 2 is 1.94 bits per heavy atom. The van der Waals surface area contributed by atoms with E-state index in [4.69, 9.17) is 16.3 Å². The van der Waals surface area contributed by atoms with Gasteiger partial charge in [-0.1, -0.05) is 42.5 Å². The van der Waals surface area contributed by atoms with Gasteiger partial charge in [0.05, 0.1) is 6.10 Å². The summed E-state index contributed by atoms with van der Waals surface area (Å²) in [5.41, 5.74) is 1.29. The van der Waals surface area contributed by atoms with Crippen LogP contribution in [0, 0.1) is 5.92 Å². The largest absolute Gasteiger partial charge is 0.373 e. The molecule has 0 aromatic heterocycles. The molecule has 2 unspecified atom stereocenters. The monoisotopic (exact) mass is 260 g/mol. The highest BCUT2D eigenvalue weighted by Gasteiger charge is 2.27. The number of fused-ring (bicyclic) bond motifs is 1. The van der Waals surface area contributed by atoms with Crippen molar-refractivity contribution >= 4 is 22.4 Å². The standard InChI is InChI=1S/C16H17ClO/c17-11-13-7-4-10-18-16(13)15-9-3-6-12-5-1-2-8-14(12)15/h1-3,5-6,8-9,13,16H,4,7,10-11H2. The third-order valence-electron chi connectivity index (χ3n) is 3.77. The lowest BCUT2D eigenvalue weighted by Crippen LogP contribution is -2.23. The first kappa shape index (κ1) is 12.0. The molecule has 2 atom stereocenters. The minimum absolute atomic E-state index is 0.155. The molecule has 1 aliphatic rings. The molecule has 0 amide bonds. The van der Waals surface area contributed by atoms with Crippen molar-refractivity contribution in [2.45, 2.75) is 18.9 Å². The highest BCUT2D eigenvalue weighted by Crippen LogP contribution is 2.37. The molecule has 1 nitrogen and oxygen atoms in total. The molecular formula is C16H17ClO. The molecule has 0 saturated carbocycles. The maximum atomic E-state index is 6.10. The van der Waals surface area contributed by atoms with Gasteiger partial charge in [-0.15, -0.1) is 11.6 Å². The number of halogens is 1. The number of hydrogen-bond acceptors (Lipinski definition) is 1. The van der Waals surface area contributed by atoms with Crippen LogP contribution in [-0.2, 0) is 4.74 Å². The van der Waals surface area contributed by atoms with Gasteiger partial charge in [0, 0.05) is 18.4 Å². The summed E-state index contributed by atoms with van der Waals surface area (Å²) in [6.07, 6.45) is 2.44. The summed E-state index contributed by atoms with van der Waals surface area (Å²) in [4.78, 5) is 0. The SMILES string of the molecule is ClCC1CCCOC1c1cccc2ccccc12. The van der Waals surface area contributed by atoms with Gasteiger partial charge in [-0.05, 0) is 29.2 Å². The average molecular weight is 261 g/mol. The summed E-state index contributed by atoms with van der Waals surface area (Å²) in [7, 11) is 0. The van der Waals surface area contributed by atoms with E-state index in [-0.39, 0.29) is 6.10 Å². The molecule has 0 radical (unpaired) electrons. The molecular weight excluding hydrogens is 244 g/mol. The van der Waals surface area contributed by atoms with Crippen LogP contribution in [0.25, 0.3) is 10.8 Å². The van der Waals surface area contributed by atoms with E-state index in [1.54, 1.807) is 0 Å². The van der Waals surface area contributed by atoms with Crippen LogP contribution in [0.4, 0.5) is 0 Å². The summed E-state index contributed by atoms with van der Waals surface area (Å²) in [6, 6.07) is 14.9. The minimum atomic E-state index is 0.155. The van der Waals surface area contributed by atoms with E-state index < -0.39 is 0 Å². The molecule has 1 fully saturated rings. The Morgan fingerprint density at radius 3 is 2.83 bits per heavy atom. The molecule has 1 aliphatic heterocycles. The van der Waals surface area contributed by atoms with Crippen molar-refractivity contribution in [2.75, 3.05) is 12.5 Å². The topological polar surface area (TPSA) is 9.23 Å². The van der Waals surface area contributed by atoms with Gasteiger partial charge in [-0.2, -0.15) is 0 Å². The lowest BCUT2D eigenvalue weighted by molar-refractivity contribution is -0.0199. The molecule has 2 aromatic carbocycles. The van der Waals surface area contributed by atoms with Crippen LogP contribution >= 0.6 is 11.6 Å². The van der Waals surface area contributed by atoms with E-state index in [9.17, 15) is 0 Å². The molecule has 3 rings (SSSR count). The van der Waals surface area contributed by atoms with Crippen LogP contribution in [0.5, 0.6) is 0 Å². The van der Waals surface area contributed by atoms with Gasteiger partial charge in [-0.25, -0.2) is 0 Å². The Morgan fingerprint density at radius 1 is 1.11 bits per heavy atom. The van der Waals surface area contributed by atoms with Gasteiger partial charge < -0.3 is 4.74 Å². The number of ether oxygens (including phenoxy) is 1. The lowest BCUT2D eigenvalue weighted by Gasteiger charge is -2.31. The maximum Gasteiger partial charge on any atom is 0.0870 e. The fourth-order valence-electron chi connectivity index (χ4n) is 2.84. The number of rotatable bonds is 2. The van der Waals surface area contributed by atoms with Crippen LogP contribution in [0.15, 0.2) is 42.5 Å². The van der Waals surface area contributed by atoms with Crippen molar-refractivity contribution in [3.63, 3.8) is 0 Å². The summed E-state index contributed by atoms with van der Waals surface area (Å²) >= 11 is 6.10. The quantitative estimate of drug-likeness (QED) is 0.720. The van der Waals surface area contributed by atoms with Crippen molar-refractivity contribution in [3.8, 4) is 0 Å². The van der Waals surface area contributed by atoms with Crippen LogP contribution in [0.3, 0.4) is 0 Å². The van der Waals surface area contributed by atoms with Crippen LogP contribution in [-0.4, -0.2) is 12.5 Å². The molecule has 0 bridgehead atoms. The Labute approximate surface area is 113 Å². The molecule has 0 spiro atoms. The zero-order valence-electron chi connectivity index (χ0n) is 10.3. The van der Waals surface area contributed by atoms with Crippen molar-refractivity contribution in [1.82, 2.24) is 0 Å². The van der Waals surface area contributed by atoms with Crippen LogP contribution in [0.1, 0.15) is 24.5 Å². The molecule has 94 valence electrons. The van der Waals surface area contributed by atoms with Crippen molar-refractivity contribution in [2.24, 2.45) is 5.92 Å². The zero-order valence-corrected chi connectivity index (χ0v) is 11.1. The zero-order chi connectivity index (χ0) is 12.4. The van der Waals surface area contributed by atoms with Crippen molar-refractivity contribution < 1.29 is 4.74 Å². The third kappa shape index (κ3) is 2.13. The van der Waals surface area contributed by atoms with E-state index in [1.807, 2.05) is 0 Å². The van der Waals surface area contributed by atoms with E-state index in [0.717, 1.165) is 19.4 Å². The normalized spacial score (nSPS) is 24.3. The predicted molar refractivity (Wildman–Crippen MR) is 76.1 cm³/mol. The second-order valence-corrected chi connectivity index (χ2v) is 5.22. The van der Waals surface area contributed by atoms with Gasteiger partial charge in [0.15, 0.2) is 0 Å². The van der Waals surface area contributed by atoms with Gasteiger partial charge in [0.2, 0.25) is 0 Å². The van der Waals surface area contributed by atoms with E-state index in [0.29, 0.717) is 11.8 Å². The molecule has 2 aromatic rings. The fourth-order valence-corrected chi connectivity index (χ4v) is 3.16. The summed E-state index contributed by atoms with van der Waals surface area (Å²) in [5.74, 6) is 1.11. The summed E-state index contributed by atoms with van der Waals surface area (Å²) < 4.78 is 5.99. The lowest BCUT2D eigenvalue weighted by atomic mass is 9.88. The molecule has 1 heterocycles. The highest BCUT2D eigenvalue weighted by molar-refractivity contribution is 6.18. The smallest absolute Gasteiger partial charge is 0.0870 e. The average Bonchev–Trinajstić information content (AvgIpc) is 2.46. The Balaban J connectivity index is 2.07. The van der Waals surface area contributed by atoms with E-state index in [1.165, 1.54) is 16.3 Å². The molecule has 2 heteroatoms. The maximum absolute atomic E-state index is 6.10. The summed E-state index contributed by atoms with van der Waals surface area (Å²) in [5, 5.41) is 2.57. The molecule has 18 heavy (non-hydrogen) atoms. The van der Waals surface area contributed by atoms with Crippen molar-refractivity contribution in [1.29, 1.82) is 0 Å². The van der Waals surface area contributed by atoms with E-state index >= 15 is 0 Å². The molecule has 1 saturated heterocycles. The van der Waals surface area contributed by atoms with Crippen LogP contribution in [0.2, 0.25) is 0 Å². The van der Waals surface area contributed by atoms with Crippen molar-refractivity contribution in [3.05, 3.63) is 48.0 Å².